The van der Waals surface area contributed by atoms with Crippen LogP contribution in [0.4, 0.5) is 0 Å². The summed E-state index contributed by atoms with van der Waals surface area (Å²) in [6.45, 7) is 1.69. The molecule has 0 N–H and O–H groups in total. The fraction of sp³-hybridized carbons (Fsp3) is 0.192. The molecular weight excluding hydrogens is 486 g/mol. The van der Waals surface area contributed by atoms with E-state index >= 15 is 0 Å². The van der Waals surface area contributed by atoms with Crippen molar-refractivity contribution in [1.82, 2.24) is 4.90 Å². The topological polar surface area (TPSA) is 57.2 Å². The Morgan fingerprint density at radius 2 is 1.88 bits per heavy atom. The number of fused-ring (bicyclic) bond motifs is 3. The third-order valence-electron chi connectivity index (χ3n) is 5.75. The van der Waals surface area contributed by atoms with E-state index in [4.69, 9.17) is 18.9 Å². The standard InChI is InChI=1S/C26H22BrNO5/c1-30-21-6-4-3-5-16(21)13-28-14-20-23(32-15-28)10-8-19-25(29)24(33-26(19)20)12-17-11-18(27)7-9-22(17)31-2/h3-12H,13-15H2,1-2H3/b24-12-. The summed E-state index contributed by atoms with van der Waals surface area (Å²) in [5.41, 5.74) is 3.23. The van der Waals surface area contributed by atoms with Gasteiger partial charge in [0.1, 0.15) is 29.7 Å². The molecule has 0 radical (unpaired) electrons. The maximum atomic E-state index is 13.1. The maximum Gasteiger partial charge on any atom is 0.231 e. The monoisotopic (exact) mass is 507 g/mol. The van der Waals surface area contributed by atoms with Crippen LogP contribution in [0.25, 0.3) is 6.08 Å². The van der Waals surface area contributed by atoms with Crippen molar-refractivity contribution in [2.45, 2.75) is 13.1 Å². The van der Waals surface area contributed by atoms with Crippen LogP contribution in [0.15, 0.2) is 64.8 Å². The Kier molecular flexibility index (Phi) is 5.83. The van der Waals surface area contributed by atoms with Gasteiger partial charge in [0.05, 0.1) is 25.3 Å². The first-order valence-corrected chi connectivity index (χ1v) is 11.3. The minimum Gasteiger partial charge on any atom is -0.496 e. The minimum absolute atomic E-state index is 0.156. The van der Waals surface area contributed by atoms with Gasteiger partial charge in [0.2, 0.25) is 5.78 Å². The predicted octanol–water partition coefficient (Wildman–Crippen LogP) is 5.43. The summed E-state index contributed by atoms with van der Waals surface area (Å²) in [5.74, 6) is 2.89. The molecule has 5 rings (SSSR count). The second-order valence-electron chi connectivity index (χ2n) is 7.82. The van der Waals surface area contributed by atoms with E-state index in [9.17, 15) is 4.79 Å². The van der Waals surface area contributed by atoms with Gasteiger partial charge in [-0.15, -0.1) is 0 Å². The molecule has 0 fully saturated rings. The van der Waals surface area contributed by atoms with Crippen LogP contribution in [-0.2, 0) is 13.1 Å². The molecule has 0 spiro atoms. The van der Waals surface area contributed by atoms with Gasteiger partial charge >= 0.3 is 0 Å². The third-order valence-corrected chi connectivity index (χ3v) is 6.24. The zero-order valence-electron chi connectivity index (χ0n) is 18.3. The summed E-state index contributed by atoms with van der Waals surface area (Å²) in [6, 6.07) is 17.2. The molecule has 0 atom stereocenters. The number of benzene rings is 3. The summed E-state index contributed by atoms with van der Waals surface area (Å²) >= 11 is 3.47. The lowest BCUT2D eigenvalue weighted by Gasteiger charge is -2.30. The van der Waals surface area contributed by atoms with Crippen molar-refractivity contribution in [3.8, 4) is 23.0 Å². The molecule has 0 aliphatic carbocycles. The highest BCUT2D eigenvalue weighted by Crippen LogP contribution is 2.42. The Balaban J connectivity index is 1.44. The Morgan fingerprint density at radius 1 is 1.06 bits per heavy atom. The number of para-hydroxylation sites is 1. The van der Waals surface area contributed by atoms with E-state index in [0.29, 0.717) is 36.9 Å². The number of nitrogens with zero attached hydrogens (tertiary/aromatic N) is 1. The van der Waals surface area contributed by atoms with E-state index in [1.165, 1.54) is 0 Å². The molecule has 6 nitrogen and oxygen atoms in total. The molecule has 168 valence electrons. The number of ether oxygens (including phenoxy) is 4. The van der Waals surface area contributed by atoms with E-state index in [0.717, 1.165) is 32.7 Å². The second kappa shape index (κ2) is 8.92. The van der Waals surface area contributed by atoms with Crippen molar-refractivity contribution in [3.05, 3.63) is 87.1 Å². The molecule has 0 saturated carbocycles. The number of methoxy groups -OCH3 is 2. The largest absolute Gasteiger partial charge is 0.496 e. The van der Waals surface area contributed by atoms with Crippen LogP contribution in [-0.4, -0.2) is 31.6 Å². The summed E-state index contributed by atoms with van der Waals surface area (Å²) < 4.78 is 23.9. The molecule has 0 bridgehead atoms. The van der Waals surface area contributed by atoms with Crippen LogP contribution in [0.3, 0.4) is 0 Å². The van der Waals surface area contributed by atoms with Gasteiger partial charge in [-0.2, -0.15) is 0 Å². The normalized spacial score (nSPS) is 16.1. The van der Waals surface area contributed by atoms with Crippen molar-refractivity contribution in [2.24, 2.45) is 0 Å². The van der Waals surface area contributed by atoms with Crippen molar-refractivity contribution in [2.75, 3.05) is 21.0 Å². The Hall–Kier alpha value is -3.29. The minimum atomic E-state index is -0.156. The van der Waals surface area contributed by atoms with Crippen LogP contribution < -0.4 is 18.9 Å². The molecule has 33 heavy (non-hydrogen) atoms. The fourth-order valence-electron chi connectivity index (χ4n) is 4.14. The third kappa shape index (κ3) is 4.10. The van der Waals surface area contributed by atoms with Gasteiger partial charge in [0, 0.05) is 28.7 Å². The van der Waals surface area contributed by atoms with Crippen LogP contribution >= 0.6 is 15.9 Å². The van der Waals surface area contributed by atoms with Gasteiger partial charge in [0.15, 0.2) is 5.76 Å². The van der Waals surface area contributed by atoms with Gasteiger partial charge in [-0.1, -0.05) is 34.1 Å². The average Bonchev–Trinajstić information content (AvgIpc) is 3.15. The Morgan fingerprint density at radius 3 is 2.70 bits per heavy atom. The molecule has 0 amide bonds. The molecule has 2 aliphatic heterocycles. The van der Waals surface area contributed by atoms with E-state index in [1.54, 1.807) is 26.4 Å². The number of carbonyl (C=O) groups excluding carboxylic acids is 1. The van der Waals surface area contributed by atoms with Crippen molar-refractivity contribution >= 4 is 27.8 Å². The lowest BCUT2D eigenvalue weighted by Crippen LogP contribution is -2.31. The predicted molar refractivity (Wildman–Crippen MR) is 128 cm³/mol. The number of Topliss-reactive ketones (excluding diaryl/α,β-unsaturated/α-hetero) is 1. The molecule has 0 unspecified atom stereocenters. The highest BCUT2D eigenvalue weighted by molar-refractivity contribution is 9.10. The van der Waals surface area contributed by atoms with Gasteiger partial charge in [-0.05, 0) is 42.5 Å². The van der Waals surface area contributed by atoms with E-state index in [-0.39, 0.29) is 11.5 Å². The lowest BCUT2D eigenvalue weighted by molar-refractivity contribution is 0.0865. The van der Waals surface area contributed by atoms with Crippen LogP contribution in [0.5, 0.6) is 23.0 Å². The zero-order valence-corrected chi connectivity index (χ0v) is 19.8. The number of allylic oxidation sites excluding steroid dienone is 1. The maximum absolute atomic E-state index is 13.1. The Bertz CT molecular complexity index is 1270. The number of hydrogen-bond acceptors (Lipinski definition) is 6. The fourth-order valence-corrected chi connectivity index (χ4v) is 4.52. The number of halogens is 1. The Labute approximate surface area is 200 Å². The molecule has 2 heterocycles. The van der Waals surface area contributed by atoms with E-state index in [2.05, 4.69) is 20.8 Å². The molecule has 2 aliphatic rings. The number of hydrogen-bond donors (Lipinski definition) is 0. The zero-order chi connectivity index (χ0) is 22.9. The van der Waals surface area contributed by atoms with E-state index < -0.39 is 0 Å². The molecule has 3 aromatic carbocycles. The van der Waals surface area contributed by atoms with Crippen molar-refractivity contribution in [3.63, 3.8) is 0 Å². The SMILES string of the molecule is COc1ccc(Br)cc1/C=C1\Oc2c(ccc3c2CN(Cc2ccccc2OC)CO3)C1=O. The smallest absolute Gasteiger partial charge is 0.231 e. The van der Waals surface area contributed by atoms with E-state index in [1.807, 2.05) is 48.5 Å². The van der Waals surface area contributed by atoms with Crippen molar-refractivity contribution in [1.29, 1.82) is 0 Å². The van der Waals surface area contributed by atoms with Crippen molar-refractivity contribution < 1.29 is 23.7 Å². The summed E-state index contributed by atoms with van der Waals surface area (Å²) in [6.07, 6.45) is 1.72. The second-order valence-corrected chi connectivity index (χ2v) is 8.73. The van der Waals surface area contributed by atoms with Gasteiger partial charge < -0.3 is 18.9 Å². The first-order chi connectivity index (χ1) is 16.1. The van der Waals surface area contributed by atoms with Crippen LogP contribution in [0, 0.1) is 0 Å². The van der Waals surface area contributed by atoms with Crippen LogP contribution in [0.1, 0.15) is 27.0 Å². The van der Waals surface area contributed by atoms with Gasteiger partial charge in [0.25, 0.3) is 0 Å². The summed E-state index contributed by atoms with van der Waals surface area (Å²) in [5, 5.41) is 0. The molecule has 7 heteroatoms. The molecule has 0 saturated heterocycles. The number of carbonyl (C=O) groups is 1. The first kappa shape index (κ1) is 21.6. The first-order valence-electron chi connectivity index (χ1n) is 10.5. The highest BCUT2D eigenvalue weighted by atomic mass is 79.9. The molecule has 3 aromatic rings. The van der Waals surface area contributed by atoms with Crippen LogP contribution in [0.2, 0.25) is 0 Å². The number of ketones is 1. The van der Waals surface area contributed by atoms with Gasteiger partial charge in [-0.25, -0.2) is 0 Å². The lowest BCUT2D eigenvalue weighted by atomic mass is 10.0. The molecular formula is C26H22BrNO5. The number of rotatable bonds is 5. The summed E-state index contributed by atoms with van der Waals surface area (Å²) in [4.78, 5) is 15.3. The summed E-state index contributed by atoms with van der Waals surface area (Å²) in [7, 11) is 3.27. The average molecular weight is 508 g/mol. The quantitative estimate of drug-likeness (QED) is 0.429. The molecule has 0 aromatic heterocycles. The van der Waals surface area contributed by atoms with Gasteiger partial charge in [-0.3, -0.25) is 9.69 Å². The highest BCUT2D eigenvalue weighted by Gasteiger charge is 2.34.